The summed E-state index contributed by atoms with van der Waals surface area (Å²) in [6.45, 7) is 6.42. The largest absolute Gasteiger partial charge is 0.491 e. The van der Waals surface area contributed by atoms with E-state index in [0.717, 1.165) is 4.68 Å². The van der Waals surface area contributed by atoms with Crippen LogP contribution in [0.2, 0.25) is 0 Å². The lowest BCUT2D eigenvalue weighted by Crippen LogP contribution is -2.29. The third kappa shape index (κ3) is 4.31. The van der Waals surface area contributed by atoms with Crippen molar-refractivity contribution in [3.63, 3.8) is 0 Å². The summed E-state index contributed by atoms with van der Waals surface area (Å²) in [4.78, 5) is 23.5. The van der Waals surface area contributed by atoms with Crippen LogP contribution in [0.15, 0.2) is 10.9 Å². The average molecular weight is 294 g/mol. The Bertz CT molecular complexity index is 561. The fourth-order valence-corrected chi connectivity index (χ4v) is 1.94. The maximum Gasteiger partial charge on any atom is 0.327 e. The molecule has 1 aliphatic carbocycles. The Kier molecular flexibility index (Phi) is 4.98. The first kappa shape index (κ1) is 15.5. The Morgan fingerprint density at radius 1 is 1.48 bits per heavy atom. The molecule has 0 bridgehead atoms. The van der Waals surface area contributed by atoms with Crippen LogP contribution in [0.5, 0.6) is 5.75 Å². The highest BCUT2D eigenvalue weighted by Gasteiger charge is 2.23. The van der Waals surface area contributed by atoms with E-state index in [1.165, 1.54) is 18.9 Å². The monoisotopic (exact) mass is 294 g/mol. The molecular weight excluding hydrogens is 272 g/mol. The quantitative estimate of drug-likeness (QED) is 0.716. The van der Waals surface area contributed by atoms with Gasteiger partial charge in [-0.25, -0.2) is 4.68 Å². The SMILES string of the molecule is CCOC(=O)Cn1nc(C(C)C)c(OCC2CC2)cc1=O. The summed E-state index contributed by atoms with van der Waals surface area (Å²) in [7, 11) is 0. The Hall–Kier alpha value is -1.85. The molecule has 1 aromatic heterocycles. The van der Waals surface area contributed by atoms with Gasteiger partial charge in [0.1, 0.15) is 18.0 Å². The number of hydrogen-bond donors (Lipinski definition) is 0. The van der Waals surface area contributed by atoms with E-state index in [1.807, 2.05) is 13.8 Å². The molecular formula is C15H22N2O4. The van der Waals surface area contributed by atoms with Crippen molar-refractivity contribution in [2.45, 2.75) is 46.1 Å². The molecule has 2 rings (SSSR count). The summed E-state index contributed by atoms with van der Waals surface area (Å²) >= 11 is 0. The normalized spacial score (nSPS) is 14.3. The summed E-state index contributed by atoms with van der Waals surface area (Å²) in [5.41, 5.74) is 0.345. The molecule has 116 valence electrons. The van der Waals surface area contributed by atoms with Crippen molar-refractivity contribution >= 4 is 5.97 Å². The van der Waals surface area contributed by atoms with Gasteiger partial charge in [-0.1, -0.05) is 13.8 Å². The van der Waals surface area contributed by atoms with E-state index in [1.54, 1.807) is 6.92 Å². The number of hydrogen-bond acceptors (Lipinski definition) is 5. The van der Waals surface area contributed by atoms with E-state index in [0.29, 0.717) is 24.0 Å². The van der Waals surface area contributed by atoms with Crippen molar-refractivity contribution in [1.82, 2.24) is 9.78 Å². The zero-order valence-electron chi connectivity index (χ0n) is 12.8. The van der Waals surface area contributed by atoms with Gasteiger partial charge in [-0.05, 0) is 25.7 Å². The van der Waals surface area contributed by atoms with Crippen molar-refractivity contribution in [2.75, 3.05) is 13.2 Å². The van der Waals surface area contributed by atoms with E-state index >= 15 is 0 Å². The minimum Gasteiger partial charge on any atom is -0.491 e. The lowest BCUT2D eigenvalue weighted by atomic mass is 10.1. The maximum absolute atomic E-state index is 12.0. The smallest absolute Gasteiger partial charge is 0.327 e. The van der Waals surface area contributed by atoms with Gasteiger partial charge in [0.25, 0.3) is 5.56 Å². The number of esters is 1. The summed E-state index contributed by atoms with van der Waals surface area (Å²) in [6, 6.07) is 1.42. The minimum atomic E-state index is -0.464. The van der Waals surface area contributed by atoms with E-state index < -0.39 is 5.97 Å². The van der Waals surface area contributed by atoms with E-state index in [9.17, 15) is 9.59 Å². The molecule has 1 saturated carbocycles. The Balaban J connectivity index is 2.20. The number of ether oxygens (including phenoxy) is 2. The van der Waals surface area contributed by atoms with Crippen molar-refractivity contribution in [1.29, 1.82) is 0 Å². The fraction of sp³-hybridized carbons (Fsp3) is 0.667. The summed E-state index contributed by atoms with van der Waals surface area (Å²) < 4.78 is 11.7. The number of carbonyl (C=O) groups excluding carboxylic acids is 1. The molecule has 0 aliphatic heterocycles. The molecule has 0 radical (unpaired) electrons. The summed E-state index contributed by atoms with van der Waals surface area (Å²) in [5, 5.41) is 4.27. The zero-order valence-corrected chi connectivity index (χ0v) is 12.8. The van der Waals surface area contributed by atoms with Crippen LogP contribution < -0.4 is 10.3 Å². The van der Waals surface area contributed by atoms with Crippen LogP contribution >= 0.6 is 0 Å². The first-order valence-electron chi connectivity index (χ1n) is 7.41. The van der Waals surface area contributed by atoms with E-state index in [-0.39, 0.29) is 24.6 Å². The van der Waals surface area contributed by atoms with Gasteiger partial charge >= 0.3 is 5.97 Å². The molecule has 6 nitrogen and oxygen atoms in total. The van der Waals surface area contributed by atoms with Gasteiger partial charge in [0.05, 0.1) is 13.2 Å². The molecule has 21 heavy (non-hydrogen) atoms. The molecule has 0 unspecified atom stereocenters. The second-order valence-corrected chi connectivity index (χ2v) is 5.60. The highest BCUT2D eigenvalue weighted by atomic mass is 16.5. The molecule has 1 aliphatic rings. The third-order valence-corrected chi connectivity index (χ3v) is 3.29. The molecule has 1 fully saturated rings. The fourth-order valence-electron chi connectivity index (χ4n) is 1.94. The van der Waals surface area contributed by atoms with Gasteiger partial charge in [0.2, 0.25) is 0 Å². The second kappa shape index (κ2) is 6.74. The van der Waals surface area contributed by atoms with Crippen molar-refractivity contribution < 1.29 is 14.3 Å². The second-order valence-electron chi connectivity index (χ2n) is 5.60. The van der Waals surface area contributed by atoms with Crippen LogP contribution in [0.3, 0.4) is 0 Å². The van der Waals surface area contributed by atoms with Crippen molar-refractivity contribution in [3.8, 4) is 5.75 Å². The van der Waals surface area contributed by atoms with Crippen LogP contribution in [0, 0.1) is 5.92 Å². The molecule has 1 aromatic rings. The van der Waals surface area contributed by atoms with Crippen molar-refractivity contribution in [3.05, 3.63) is 22.1 Å². The third-order valence-electron chi connectivity index (χ3n) is 3.29. The van der Waals surface area contributed by atoms with Crippen LogP contribution in [-0.4, -0.2) is 29.0 Å². The minimum absolute atomic E-state index is 0.105. The highest BCUT2D eigenvalue weighted by molar-refractivity contribution is 5.68. The summed E-state index contributed by atoms with van der Waals surface area (Å²) in [5.74, 6) is 0.774. The van der Waals surface area contributed by atoms with Crippen LogP contribution in [-0.2, 0) is 16.1 Å². The number of nitrogens with zero attached hydrogens (tertiary/aromatic N) is 2. The number of rotatable bonds is 7. The lowest BCUT2D eigenvalue weighted by Gasteiger charge is -2.14. The van der Waals surface area contributed by atoms with Gasteiger partial charge in [-0.2, -0.15) is 5.10 Å². The van der Waals surface area contributed by atoms with Gasteiger partial charge in [-0.15, -0.1) is 0 Å². The summed E-state index contributed by atoms with van der Waals surface area (Å²) in [6.07, 6.45) is 2.37. The Labute approximate surface area is 124 Å². The van der Waals surface area contributed by atoms with E-state index in [4.69, 9.17) is 9.47 Å². The standard InChI is InChI=1S/C15H22N2O4/c1-4-20-14(19)8-17-13(18)7-12(15(16-17)10(2)3)21-9-11-5-6-11/h7,10-11H,4-6,8-9H2,1-3H3. The van der Waals surface area contributed by atoms with Gasteiger partial charge in [0, 0.05) is 12.0 Å². The number of carbonyl (C=O) groups is 1. The first-order chi connectivity index (χ1) is 10.0. The molecule has 0 aromatic carbocycles. The van der Waals surface area contributed by atoms with Gasteiger partial charge in [0.15, 0.2) is 0 Å². The molecule has 0 N–H and O–H groups in total. The lowest BCUT2D eigenvalue weighted by molar-refractivity contribution is -0.144. The first-order valence-corrected chi connectivity index (χ1v) is 7.41. The zero-order chi connectivity index (χ0) is 15.4. The van der Waals surface area contributed by atoms with Gasteiger partial charge in [-0.3, -0.25) is 9.59 Å². The molecule has 1 heterocycles. The average Bonchev–Trinajstić information content (AvgIpc) is 3.23. The Morgan fingerprint density at radius 2 is 2.19 bits per heavy atom. The number of aromatic nitrogens is 2. The van der Waals surface area contributed by atoms with Crippen LogP contribution in [0.1, 0.15) is 45.2 Å². The predicted molar refractivity (Wildman–Crippen MR) is 77.4 cm³/mol. The predicted octanol–water partition coefficient (Wildman–Crippen LogP) is 1.72. The molecule has 0 saturated heterocycles. The molecule has 0 spiro atoms. The van der Waals surface area contributed by atoms with E-state index in [2.05, 4.69) is 5.10 Å². The topological polar surface area (TPSA) is 70.4 Å². The molecule has 0 amide bonds. The molecule has 0 atom stereocenters. The Morgan fingerprint density at radius 3 is 2.76 bits per heavy atom. The van der Waals surface area contributed by atoms with Crippen LogP contribution in [0.4, 0.5) is 0 Å². The molecule has 6 heteroatoms. The van der Waals surface area contributed by atoms with Gasteiger partial charge < -0.3 is 9.47 Å². The van der Waals surface area contributed by atoms with Crippen LogP contribution in [0.25, 0.3) is 0 Å². The highest BCUT2D eigenvalue weighted by Crippen LogP contribution is 2.30. The van der Waals surface area contributed by atoms with Crippen molar-refractivity contribution in [2.24, 2.45) is 5.92 Å². The maximum atomic E-state index is 12.0.